The van der Waals surface area contributed by atoms with Gasteiger partial charge in [0.05, 0.1) is 10.1 Å². The van der Waals surface area contributed by atoms with E-state index in [1.165, 1.54) is 11.0 Å². The molecule has 5 nitrogen and oxygen atoms in total. The van der Waals surface area contributed by atoms with Gasteiger partial charge in [-0.25, -0.2) is 8.42 Å². The van der Waals surface area contributed by atoms with Gasteiger partial charge in [0.25, 0.3) is 0 Å². The summed E-state index contributed by atoms with van der Waals surface area (Å²) in [5.41, 5.74) is 0.487. The fourth-order valence-electron chi connectivity index (χ4n) is 3.36. The van der Waals surface area contributed by atoms with Crippen LogP contribution in [0, 0.1) is 0 Å². The Bertz CT molecular complexity index is 970. The van der Waals surface area contributed by atoms with Gasteiger partial charge >= 0.3 is 6.61 Å². The molecule has 0 bridgehead atoms. The van der Waals surface area contributed by atoms with E-state index in [1.54, 1.807) is 42.5 Å². The van der Waals surface area contributed by atoms with Crippen LogP contribution in [0.1, 0.15) is 18.4 Å². The molecule has 0 radical (unpaired) electrons. The Labute approximate surface area is 176 Å². The van der Waals surface area contributed by atoms with Crippen molar-refractivity contribution in [1.82, 2.24) is 4.90 Å². The zero-order valence-corrected chi connectivity index (χ0v) is 17.8. The van der Waals surface area contributed by atoms with E-state index in [0.717, 1.165) is 0 Å². The first kappa shape index (κ1) is 21.7. The van der Waals surface area contributed by atoms with Gasteiger partial charge in [0, 0.05) is 24.0 Å². The number of nitrogens with zero attached hydrogens (tertiary/aromatic N) is 1. The number of sulfone groups is 1. The molecule has 1 aliphatic rings. The molecule has 1 fully saturated rings. The summed E-state index contributed by atoms with van der Waals surface area (Å²) < 4.78 is 55.8. The third kappa shape index (κ3) is 5.33. The number of alkyl halides is 2. The predicted octanol–water partition coefficient (Wildman–Crippen LogP) is 4.06. The summed E-state index contributed by atoms with van der Waals surface area (Å²) in [5.74, 6) is -0.180. The summed E-state index contributed by atoms with van der Waals surface area (Å²) in [6.07, 6.45) is 0.667. The highest BCUT2D eigenvalue weighted by molar-refractivity contribution is 9.10. The molecule has 0 saturated carbocycles. The Balaban J connectivity index is 1.63. The van der Waals surface area contributed by atoms with E-state index in [2.05, 4.69) is 20.7 Å². The van der Waals surface area contributed by atoms with Gasteiger partial charge in [0.15, 0.2) is 9.84 Å². The highest BCUT2D eigenvalue weighted by Gasteiger charge is 2.35. The van der Waals surface area contributed by atoms with Crippen molar-refractivity contribution in [3.63, 3.8) is 0 Å². The molecule has 2 aromatic carbocycles. The minimum Gasteiger partial charge on any atom is -0.435 e. The van der Waals surface area contributed by atoms with Crippen molar-refractivity contribution in [2.24, 2.45) is 0 Å². The van der Waals surface area contributed by atoms with Crippen molar-refractivity contribution in [1.29, 1.82) is 0 Å². The van der Waals surface area contributed by atoms with Crippen LogP contribution in [0.5, 0.6) is 5.75 Å². The van der Waals surface area contributed by atoms with Crippen molar-refractivity contribution in [3.05, 3.63) is 58.6 Å². The first-order valence-corrected chi connectivity index (χ1v) is 11.4. The first-order valence-electron chi connectivity index (χ1n) is 9.07. The fraction of sp³-hybridized carbons (Fsp3) is 0.350. The lowest BCUT2D eigenvalue weighted by Crippen LogP contribution is -2.32. The number of carbonyl (C=O) groups excluding carboxylic acids is 1. The number of amides is 1. The molecule has 1 heterocycles. The van der Waals surface area contributed by atoms with Crippen LogP contribution >= 0.6 is 15.9 Å². The Kier molecular flexibility index (Phi) is 6.89. The molecule has 0 spiro atoms. The number of ether oxygens (including phenoxy) is 1. The van der Waals surface area contributed by atoms with E-state index in [9.17, 15) is 22.0 Å². The highest BCUT2D eigenvalue weighted by Crippen LogP contribution is 2.28. The summed E-state index contributed by atoms with van der Waals surface area (Å²) in [6, 6.07) is 12.8. The third-order valence-corrected chi connectivity index (χ3v) is 7.54. The molecule has 2 aromatic rings. The second kappa shape index (κ2) is 9.21. The van der Waals surface area contributed by atoms with Crippen molar-refractivity contribution in [2.45, 2.75) is 36.0 Å². The topological polar surface area (TPSA) is 63.7 Å². The second-order valence-electron chi connectivity index (χ2n) is 6.74. The molecule has 0 N–H and O–H groups in total. The van der Waals surface area contributed by atoms with Crippen LogP contribution in [-0.2, 0) is 21.1 Å². The number of halogens is 3. The third-order valence-electron chi connectivity index (χ3n) is 4.86. The zero-order valence-electron chi connectivity index (χ0n) is 15.4. The summed E-state index contributed by atoms with van der Waals surface area (Å²) in [6.45, 7) is -2.46. The Morgan fingerprint density at radius 2 is 1.93 bits per heavy atom. The molecule has 156 valence electrons. The first-order chi connectivity index (χ1) is 13.8. The molecule has 9 heteroatoms. The maximum Gasteiger partial charge on any atom is 0.387 e. The summed E-state index contributed by atoms with van der Waals surface area (Å²) >= 11 is 3.28. The Hall–Kier alpha value is -2.00. The van der Waals surface area contributed by atoms with Gasteiger partial charge in [0.1, 0.15) is 5.75 Å². The molecule has 3 rings (SSSR count). The van der Waals surface area contributed by atoms with Crippen molar-refractivity contribution < 1.29 is 26.7 Å². The molecule has 29 heavy (non-hydrogen) atoms. The molecule has 1 amide bonds. The van der Waals surface area contributed by atoms with Crippen molar-refractivity contribution in [3.8, 4) is 5.75 Å². The van der Waals surface area contributed by atoms with Gasteiger partial charge in [-0.2, -0.15) is 8.78 Å². The molecular formula is C20H20BrF2NO4S. The van der Waals surface area contributed by atoms with Crippen molar-refractivity contribution in [2.75, 3.05) is 13.1 Å². The van der Waals surface area contributed by atoms with E-state index in [0.29, 0.717) is 23.0 Å². The Morgan fingerprint density at radius 3 is 2.62 bits per heavy atom. The van der Waals surface area contributed by atoms with Crippen LogP contribution in [0.25, 0.3) is 0 Å². The molecule has 1 saturated heterocycles. The van der Waals surface area contributed by atoms with Crippen molar-refractivity contribution >= 4 is 31.7 Å². The van der Waals surface area contributed by atoms with Gasteiger partial charge in [-0.15, -0.1) is 0 Å². The van der Waals surface area contributed by atoms with Crippen LogP contribution in [-0.4, -0.2) is 44.2 Å². The second-order valence-corrected chi connectivity index (χ2v) is 9.88. The minimum atomic E-state index is -3.50. The summed E-state index contributed by atoms with van der Waals surface area (Å²) in [5, 5.41) is -0.641. The monoisotopic (exact) mass is 487 g/mol. The summed E-state index contributed by atoms with van der Waals surface area (Å²) in [4.78, 5) is 14.4. The van der Waals surface area contributed by atoms with Crippen LogP contribution < -0.4 is 4.74 Å². The molecule has 1 aliphatic heterocycles. The van der Waals surface area contributed by atoms with Gasteiger partial charge in [0.2, 0.25) is 5.91 Å². The van der Waals surface area contributed by atoms with E-state index >= 15 is 0 Å². The number of aryl methyl sites for hydroxylation is 1. The lowest BCUT2D eigenvalue weighted by atomic mass is 10.1. The number of carbonyl (C=O) groups is 1. The summed E-state index contributed by atoms with van der Waals surface area (Å²) in [7, 11) is -3.50. The van der Waals surface area contributed by atoms with E-state index in [-0.39, 0.29) is 35.9 Å². The largest absolute Gasteiger partial charge is 0.435 e. The number of benzene rings is 2. The van der Waals surface area contributed by atoms with Crippen LogP contribution in [0.2, 0.25) is 0 Å². The smallest absolute Gasteiger partial charge is 0.387 e. The van der Waals surface area contributed by atoms with Crippen LogP contribution in [0.15, 0.2) is 57.9 Å². The quantitative estimate of drug-likeness (QED) is 0.590. The average molecular weight is 488 g/mol. The fourth-order valence-corrected chi connectivity index (χ4v) is 5.49. The molecule has 1 atom stereocenters. The van der Waals surface area contributed by atoms with Gasteiger partial charge < -0.3 is 9.64 Å². The maximum atomic E-state index is 12.7. The predicted molar refractivity (Wildman–Crippen MR) is 108 cm³/mol. The number of hydrogen-bond acceptors (Lipinski definition) is 4. The number of hydrogen-bond donors (Lipinski definition) is 0. The SMILES string of the molecule is O=C(CCc1cc(Br)ccc1OC(F)F)N1CCC(S(=O)(=O)c2ccccc2)C1. The van der Waals surface area contributed by atoms with Gasteiger partial charge in [-0.05, 0) is 48.7 Å². The molecule has 0 aromatic heterocycles. The highest BCUT2D eigenvalue weighted by atomic mass is 79.9. The molecule has 1 unspecified atom stereocenters. The normalized spacial score (nSPS) is 17.0. The zero-order chi connectivity index (χ0) is 21.0. The standard InChI is InChI=1S/C20H20BrF2NO4S/c21-15-7-8-18(28-20(22)23)14(12-15)6-9-19(25)24-11-10-17(13-24)29(26,27)16-4-2-1-3-5-16/h1-5,7-8,12,17,20H,6,9-11,13H2. The van der Waals surface area contributed by atoms with E-state index in [1.807, 2.05) is 0 Å². The lowest BCUT2D eigenvalue weighted by Gasteiger charge is -2.17. The van der Waals surface area contributed by atoms with E-state index in [4.69, 9.17) is 0 Å². The van der Waals surface area contributed by atoms with E-state index < -0.39 is 21.7 Å². The van der Waals surface area contributed by atoms with Crippen LogP contribution in [0.3, 0.4) is 0 Å². The molecular weight excluding hydrogens is 468 g/mol. The minimum absolute atomic E-state index is 0.0296. The number of rotatable bonds is 7. The lowest BCUT2D eigenvalue weighted by molar-refractivity contribution is -0.130. The van der Waals surface area contributed by atoms with Gasteiger partial charge in [-0.3, -0.25) is 4.79 Å². The Morgan fingerprint density at radius 1 is 1.21 bits per heavy atom. The van der Waals surface area contributed by atoms with Gasteiger partial charge in [-0.1, -0.05) is 34.1 Å². The number of likely N-dealkylation sites (tertiary alicyclic amines) is 1. The van der Waals surface area contributed by atoms with Crippen LogP contribution in [0.4, 0.5) is 8.78 Å². The average Bonchev–Trinajstić information content (AvgIpc) is 3.19. The maximum absolute atomic E-state index is 12.7. The molecule has 0 aliphatic carbocycles.